The van der Waals surface area contributed by atoms with Crippen LogP contribution < -0.4 is 10.5 Å². The van der Waals surface area contributed by atoms with E-state index in [9.17, 15) is 24.3 Å². The Morgan fingerprint density at radius 1 is 1.00 bits per heavy atom. The molecular formula is C19H28N4O8. The summed E-state index contributed by atoms with van der Waals surface area (Å²) in [4.78, 5) is 56.9. The molecule has 12 heteroatoms. The monoisotopic (exact) mass is 440 g/mol. The summed E-state index contributed by atoms with van der Waals surface area (Å²) in [6, 6.07) is 0. The number of rotatable bonds is 2. The van der Waals surface area contributed by atoms with Crippen LogP contribution in [-0.4, -0.2) is 74.7 Å². The van der Waals surface area contributed by atoms with Gasteiger partial charge in [-0.3, -0.25) is 9.36 Å². The van der Waals surface area contributed by atoms with Crippen LogP contribution in [0.4, 0.5) is 9.59 Å². The van der Waals surface area contributed by atoms with E-state index >= 15 is 0 Å². The Bertz CT molecular complexity index is 921. The Morgan fingerprint density at radius 3 is 2.23 bits per heavy atom. The zero-order valence-electron chi connectivity index (χ0n) is 18.1. The van der Waals surface area contributed by atoms with Crippen LogP contribution in [0.5, 0.6) is 5.88 Å². The fraction of sp³-hybridized carbons (Fsp3) is 0.684. The summed E-state index contributed by atoms with van der Waals surface area (Å²) in [5.74, 6) is -1.15. The van der Waals surface area contributed by atoms with E-state index in [1.165, 1.54) is 21.5 Å². The molecular weight excluding hydrogens is 412 g/mol. The molecule has 1 aromatic heterocycles. The first-order valence-electron chi connectivity index (χ1n) is 10.1. The second-order valence-electron chi connectivity index (χ2n) is 8.54. The molecule has 1 saturated heterocycles. The van der Waals surface area contributed by atoms with Crippen molar-refractivity contribution in [3.8, 4) is 5.88 Å². The average Bonchev–Trinajstić information content (AvgIpc) is 2.96. The van der Waals surface area contributed by atoms with Crippen LogP contribution in [-0.2, 0) is 27.4 Å². The van der Waals surface area contributed by atoms with Crippen molar-refractivity contribution in [1.82, 2.24) is 19.1 Å². The number of piperidine rings is 1. The number of aromatic hydroxyl groups is 1. The van der Waals surface area contributed by atoms with Gasteiger partial charge in [-0.2, -0.15) is 0 Å². The van der Waals surface area contributed by atoms with Crippen LogP contribution in [0.25, 0.3) is 0 Å². The number of carbonyl (C=O) groups is 3. The van der Waals surface area contributed by atoms with Gasteiger partial charge in [-0.05, 0) is 33.6 Å². The SMILES string of the molecule is COC(=O)C1CCN(C(=O)On2c(O)c3n(c2=O)CCN(C(=O)OC(C)(C)C)C3)CC1. The minimum atomic E-state index is -0.812. The summed E-state index contributed by atoms with van der Waals surface area (Å²) in [5, 5.41) is 10.5. The molecule has 2 aliphatic rings. The maximum absolute atomic E-state index is 12.6. The third kappa shape index (κ3) is 4.78. The van der Waals surface area contributed by atoms with Gasteiger partial charge in [0.1, 0.15) is 11.3 Å². The number of ether oxygens (including phenoxy) is 2. The van der Waals surface area contributed by atoms with Gasteiger partial charge in [-0.1, -0.05) is 4.73 Å². The van der Waals surface area contributed by atoms with Gasteiger partial charge >= 0.3 is 23.8 Å². The standard InChI is InChI=1S/C19H28N4O8/c1-19(2,3)30-17(27)21-9-10-22-13(11-21)14(24)23(16(22)26)31-18(28)20-7-5-12(6-8-20)15(25)29-4/h12,24H,5-11H2,1-4H3. The highest BCUT2D eigenvalue weighted by Crippen LogP contribution is 2.23. The smallest absolute Gasteiger partial charge is 0.434 e. The van der Waals surface area contributed by atoms with Gasteiger partial charge in [0.2, 0.25) is 0 Å². The van der Waals surface area contributed by atoms with Crippen LogP contribution in [0.15, 0.2) is 4.79 Å². The van der Waals surface area contributed by atoms with Crippen molar-refractivity contribution in [3.63, 3.8) is 0 Å². The molecule has 0 spiro atoms. The minimum Gasteiger partial charge on any atom is -0.491 e. The first-order valence-corrected chi connectivity index (χ1v) is 10.1. The maximum Gasteiger partial charge on any atom is 0.434 e. The summed E-state index contributed by atoms with van der Waals surface area (Å²) in [6.45, 7) is 6.01. The van der Waals surface area contributed by atoms with E-state index < -0.39 is 29.4 Å². The van der Waals surface area contributed by atoms with Crippen LogP contribution >= 0.6 is 0 Å². The molecule has 172 valence electrons. The van der Waals surface area contributed by atoms with Gasteiger partial charge in [-0.25, -0.2) is 14.4 Å². The Labute approximate surface area is 178 Å². The van der Waals surface area contributed by atoms with Gasteiger partial charge < -0.3 is 29.2 Å². The van der Waals surface area contributed by atoms with Gasteiger partial charge in [-0.15, -0.1) is 0 Å². The first kappa shape index (κ1) is 22.5. The Balaban J connectivity index is 1.68. The number of likely N-dealkylation sites (tertiary alicyclic amines) is 1. The zero-order chi connectivity index (χ0) is 22.9. The number of hydrogen-bond donors (Lipinski definition) is 1. The number of imidazole rings is 1. The van der Waals surface area contributed by atoms with E-state index in [1.807, 2.05) is 0 Å². The summed E-state index contributed by atoms with van der Waals surface area (Å²) in [5.41, 5.74) is -1.24. The molecule has 0 radical (unpaired) electrons. The van der Waals surface area contributed by atoms with Gasteiger partial charge in [0.25, 0.3) is 5.88 Å². The van der Waals surface area contributed by atoms with Crippen molar-refractivity contribution >= 4 is 18.2 Å². The Morgan fingerprint density at radius 2 is 1.65 bits per heavy atom. The number of methoxy groups -OCH3 is 1. The molecule has 31 heavy (non-hydrogen) atoms. The molecule has 3 rings (SSSR count). The van der Waals surface area contributed by atoms with Crippen molar-refractivity contribution in [3.05, 3.63) is 16.2 Å². The molecule has 2 aliphatic heterocycles. The molecule has 3 heterocycles. The normalized spacial score (nSPS) is 17.2. The van der Waals surface area contributed by atoms with E-state index in [1.54, 1.807) is 20.8 Å². The molecule has 0 aliphatic carbocycles. The van der Waals surface area contributed by atoms with Crippen molar-refractivity contribution in [1.29, 1.82) is 0 Å². The van der Waals surface area contributed by atoms with E-state index in [0.717, 1.165) is 0 Å². The lowest BCUT2D eigenvalue weighted by atomic mass is 9.97. The largest absolute Gasteiger partial charge is 0.491 e. The molecule has 1 N–H and O–H groups in total. The number of aromatic nitrogens is 2. The molecule has 0 saturated carbocycles. The summed E-state index contributed by atoms with van der Waals surface area (Å²) < 4.78 is 11.8. The number of carbonyl (C=O) groups excluding carboxylic acids is 3. The predicted octanol–water partition coefficient (Wildman–Crippen LogP) is 0.540. The quantitative estimate of drug-likeness (QED) is 0.659. The molecule has 0 atom stereocenters. The van der Waals surface area contributed by atoms with Crippen molar-refractivity contribution in [2.75, 3.05) is 26.7 Å². The highest BCUT2D eigenvalue weighted by molar-refractivity contribution is 5.73. The fourth-order valence-corrected chi connectivity index (χ4v) is 3.59. The highest BCUT2D eigenvalue weighted by atomic mass is 16.7. The molecule has 0 bridgehead atoms. The zero-order valence-corrected chi connectivity index (χ0v) is 18.1. The van der Waals surface area contributed by atoms with Crippen molar-refractivity contribution in [2.45, 2.75) is 52.3 Å². The molecule has 12 nitrogen and oxygen atoms in total. The lowest BCUT2D eigenvalue weighted by Gasteiger charge is -2.30. The predicted molar refractivity (Wildman–Crippen MR) is 105 cm³/mol. The van der Waals surface area contributed by atoms with E-state index in [2.05, 4.69) is 0 Å². The second kappa shape index (κ2) is 8.52. The van der Waals surface area contributed by atoms with E-state index in [-0.39, 0.29) is 50.3 Å². The van der Waals surface area contributed by atoms with E-state index in [0.29, 0.717) is 17.6 Å². The highest BCUT2D eigenvalue weighted by Gasteiger charge is 2.33. The van der Waals surface area contributed by atoms with Crippen LogP contribution in [0.2, 0.25) is 0 Å². The summed E-state index contributed by atoms with van der Waals surface area (Å²) in [7, 11) is 1.32. The number of nitrogens with zero attached hydrogens (tertiary/aromatic N) is 4. The first-order chi connectivity index (χ1) is 14.5. The summed E-state index contributed by atoms with van der Waals surface area (Å²) >= 11 is 0. The molecule has 0 aromatic carbocycles. The number of hydrogen-bond acceptors (Lipinski definition) is 8. The maximum atomic E-state index is 12.6. The average molecular weight is 440 g/mol. The Kier molecular flexibility index (Phi) is 6.18. The molecule has 0 unspecified atom stereocenters. The van der Waals surface area contributed by atoms with Crippen LogP contribution in [0.3, 0.4) is 0 Å². The van der Waals surface area contributed by atoms with E-state index in [4.69, 9.17) is 14.3 Å². The second-order valence-corrected chi connectivity index (χ2v) is 8.54. The van der Waals surface area contributed by atoms with Gasteiger partial charge in [0.15, 0.2) is 0 Å². The lowest BCUT2D eigenvalue weighted by molar-refractivity contribution is -0.146. The van der Waals surface area contributed by atoms with Crippen LogP contribution in [0.1, 0.15) is 39.3 Å². The fourth-order valence-electron chi connectivity index (χ4n) is 3.59. The number of fused-ring (bicyclic) bond motifs is 1. The topological polar surface area (TPSA) is 133 Å². The lowest BCUT2D eigenvalue weighted by Crippen LogP contribution is -2.46. The molecule has 2 amide bonds. The minimum absolute atomic E-state index is 0.0644. The third-order valence-corrected chi connectivity index (χ3v) is 5.22. The summed E-state index contributed by atoms with van der Waals surface area (Å²) in [6.07, 6.45) is -0.545. The van der Waals surface area contributed by atoms with Gasteiger partial charge in [0.05, 0.1) is 19.6 Å². The number of esters is 1. The molecule has 1 aromatic rings. The van der Waals surface area contributed by atoms with Crippen molar-refractivity contribution in [2.24, 2.45) is 5.92 Å². The van der Waals surface area contributed by atoms with Gasteiger partial charge in [0, 0.05) is 26.2 Å². The third-order valence-electron chi connectivity index (χ3n) is 5.22. The molecule has 1 fully saturated rings. The number of amides is 2. The van der Waals surface area contributed by atoms with Crippen molar-refractivity contribution < 1.29 is 33.8 Å². The van der Waals surface area contributed by atoms with Crippen LogP contribution in [0, 0.1) is 5.92 Å². The Hall–Kier alpha value is -3.18.